The van der Waals surface area contributed by atoms with E-state index in [9.17, 15) is 4.79 Å². The van der Waals surface area contributed by atoms with Crippen molar-refractivity contribution in [3.8, 4) is 0 Å². The first-order chi connectivity index (χ1) is 10.4. The third-order valence-corrected chi connectivity index (χ3v) is 3.49. The van der Waals surface area contributed by atoms with Crippen LogP contribution in [-0.2, 0) is 14.5 Å². The van der Waals surface area contributed by atoms with Crippen LogP contribution in [0.3, 0.4) is 0 Å². The zero-order valence-corrected chi connectivity index (χ0v) is 14.2. The molecule has 1 atom stereocenters. The fraction of sp³-hybridized carbons (Fsp3) is 0.706. The van der Waals surface area contributed by atoms with Gasteiger partial charge in [0, 0.05) is 6.42 Å². The topological polar surface area (TPSA) is 60.2 Å². The van der Waals surface area contributed by atoms with Gasteiger partial charge in [-0.3, -0.25) is 4.79 Å². The highest BCUT2D eigenvalue weighted by atomic mass is 16.6. The number of hydrogen-bond donors (Lipinski definition) is 0. The Balaban J connectivity index is 3.08. The van der Waals surface area contributed by atoms with Crippen LogP contribution in [0.25, 0.3) is 0 Å². The van der Waals surface area contributed by atoms with Gasteiger partial charge in [0.05, 0.1) is 11.4 Å². The highest BCUT2D eigenvalue weighted by Crippen LogP contribution is 2.35. The van der Waals surface area contributed by atoms with Crippen molar-refractivity contribution in [3.63, 3.8) is 0 Å². The maximum Gasteiger partial charge on any atom is 0.148 e. The molecule has 5 nitrogen and oxygen atoms in total. The van der Waals surface area contributed by atoms with Gasteiger partial charge in [-0.25, -0.2) is 0 Å². The Hall–Kier alpha value is -1.65. The first kappa shape index (κ1) is 18.4. The summed E-state index contributed by atoms with van der Waals surface area (Å²) in [5.41, 5.74) is 1.41. The molecule has 22 heavy (non-hydrogen) atoms. The van der Waals surface area contributed by atoms with Crippen molar-refractivity contribution in [2.75, 3.05) is 13.2 Å². The predicted molar refractivity (Wildman–Crippen MR) is 89.1 cm³/mol. The first-order valence-electron chi connectivity index (χ1n) is 7.96. The van der Waals surface area contributed by atoms with Gasteiger partial charge in [0.2, 0.25) is 0 Å². The van der Waals surface area contributed by atoms with Gasteiger partial charge in [0.15, 0.2) is 0 Å². The van der Waals surface area contributed by atoms with Crippen LogP contribution >= 0.6 is 0 Å². The molecule has 124 valence electrons. The zero-order chi connectivity index (χ0) is 16.6. The standard InChI is InChI=1S/C17H28N2O3/c1-6-9-13(18-22-10-7-2)16-14(19-21-8-3)11-17(4,5)12-15(16)20/h7,16H,2,6,8-12H2,1,3-5H3/b18-13-,19-14-/t16-/m1/s1. The molecule has 0 amide bonds. The predicted octanol–water partition coefficient (Wildman–Crippen LogP) is 3.74. The lowest BCUT2D eigenvalue weighted by molar-refractivity contribution is -0.122. The molecule has 0 spiro atoms. The molecule has 0 aliphatic heterocycles. The Morgan fingerprint density at radius 2 is 2.09 bits per heavy atom. The molecular weight excluding hydrogens is 280 g/mol. The summed E-state index contributed by atoms with van der Waals surface area (Å²) in [7, 11) is 0. The molecule has 1 saturated carbocycles. The molecule has 0 N–H and O–H groups in total. The molecular formula is C17H28N2O3. The number of oxime groups is 2. The monoisotopic (exact) mass is 308 g/mol. The van der Waals surface area contributed by atoms with E-state index < -0.39 is 5.92 Å². The van der Waals surface area contributed by atoms with Crippen molar-refractivity contribution in [1.29, 1.82) is 0 Å². The van der Waals surface area contributed by atoms with E-state index in [2.05, 4.69) is 37.7 Å². The van der Waals surface area contributed by atoms with Gasteiger partial charge in [-0.2, -0.15) is 0 Å². The number of rotatable bonds is 8. The van der Waals surface area contributed by atoms with Gasteiger partial charge >= 0.3 is 0 Å². The quantitative estimate of drug-likeness (QED) is 0.297. The zero-order valence-electron chi connectivity index (χ0n) is 14.2. The summed E-state index contributed by atoms with van der Waals surface area (Å²) < 4.78 is 0. The third-order valence-electron chi connectivity index (χ3n) is 3.49. The Bertz CT molecular complexity index is 453. The molecule has 5 heteroatoms. The lowest BCUT2D eigenvalue weighted by Gasteiger charge is -2.34. The molecule has 1 aliphatic carbocycles. The summed E-state index contributed by atoms with van der Waals surface area (Å²) >= 11 is 0. The molecule has 1 fully saturated rings. The van der Waals surface area contributed by atoms with Crippen LogP contribution in [-0.4, -0.2) is 30.4 Å². The maximum absolute atomic E-state index is 12.6. The number of hydrogen-bond acceptors (Lipinski definition) is 5. The van der Waals surface area contributed by atoms with Crippen molar-refractivity contribution in [3.05, 3.63) is 12.7 Å². The Kier molecular flexibility index (Phi) is 7.28. The van der Waals surface area contributed by atoms with Crippen molar-refractivity contribution < 1.29 is 14.5 Å². The molecule has 0 radical (unpaired) electrons. The number of nitrogens with zero attached hydrogens (tertiary/aromatic N) is 2. The summed E-state index contributed by atoms with van der Waals surface area (Å²) in [5.74, 6) is -0.270. The van der Waals surface area contributed by atoms with Gasteiger partial charge in [0.1, 0.15) is 24.9 Å². The van der Waals surface area contributed by atoms with Crippen LogP contribution in [0.2, 0.25) is 0 Å². The molecule has 0 aromatic heterocycles. The van der Waals surface area contributed by atoms with Crippen LogP contribution in [0, 0.1) is 11.3 Å². The van der Waals surface area contributed by atoms with Gasteiger partial charge in [0.25, 0.3) is 0 Å². The largest absolute Gasteiger partial charge is 0.396 e. The molecule has 0 heterocycles. The lowest BCUT2D eigenvalue weighted by atomic mass is 9.69. The average molecular weight is 308 g/mol. The van der Waals surface area contributed by atoms with Crippen molar-refractivity contribution >= 4 is 17.2 Å². The number of Topliss-reactive ketones (excluding diaryl/α,β-unsaturated/α-hetero) is 1. The summed E-state index contributed by atoms with van der Waals surface area (Å²) in [6, 6.07) is 0. The molecule has 0 aromatic carbocycles. The molecule has 0 aromatic rings. The fourth-order valence-corrected chi connectivity index (χ4v) is 2.70. The minimum atomic E-state index is -0.413. The van der Waals surface area contributed by atoms with E-state index in [1.54, 1.807) is 6.08 Å². The number of carbonyl (C=O) groups excluding carboxylic acids is 1. The van der Waals surface area contributed by atoms with Crippen LogP contribution < -0.4 is 0 Å². The minimum Gasteiger partial charge on any atom is -0.396 e. The Morgan fingerprint density at radius 3 is 2.68 bits per heavy atom. The molecule has 1 rings (SSSR count). The fourth-order valence-electron chi connectivity index (χ4n) is 2.70. The molecule has 0 unspecified atom stereocenters. The van der Waals surface area contributed by atoms with E-state index in [0.717, 1.165) is 24.3 Å². The van der Waals surface area contributed by atoms with Crippen LogP contribution in [0.1, 0.15) is 53.4 Å². The summed E-state index contributed by atoms with van der Waals surface area (Å²) in [6.45, 7) is 12.5. The van der Waals surface area contributed by atoms with E-state index >= 15 is 0 Å². The first-order valence-corrected chi connectivity index (χ1v) is 7.96. The molecule has 1 aliphatic rings. The van der Waals surface area contributed by atoms with E-state index in [-0.39, 0.29) is 11.2 Å². The summed E-state index contributed by atoms with van der Waals surface area (Å²) in [6.07, 6.45) is 4.49. The second-order valence-electron chi connectivity index (χ2n) is 6.33. The van der Waals surface area contributed by atoms with E-state index in [0.29, 0.717) is 26.1 Å². The van der Waals surface area contributed by atoms with Gasteiger partial charge < -0.3 is 9.68 Å². The Labute approximate surface area is 133 Å². The third kappa shape index (κ3) is 5.28. The van der Waals surface area contributed by atoms with Gasteiger partial charge in [-0.05, 0) is 25.2 Å². The second-order valence-corrected chi connectivity index (χ2v) is 6.33. The van der Waals surface area contributed by atoms with Crippen LogP contribution in [0.5, 0.6) is 0 Å². The number of carbonyl (C=O) groups is 1. The highest BCUT2D eigenvalue weighted by molar-refractivity contribution is 6.23. The molecule has 0 bridgehead atoms. The second kappa shape index (κ2) is 8.71. The van der Waals surface area contributed by atoms with E-state index in [4.69, 9.17) is 9.68 Å². The number of ketones is 1. The summed E-state index contributed by atoms with van der Waals surface area (Å²) in [4.78, 5) is 23.1. The normalized spacial score (nSPS) is 23.5. The lowest BCUT2D eigenvalue weighted by Crippen LogP contribution is -2.42. The summed E-state index contributed by atoms with van der Waals surface area (Å²) in [5, 5.41) is 8.37. The van der Waals surface area contributed by atoms with E-state index in [1.807, 2.05) is 6.92 Å². The smallest absolute Gasteiger partial charge is 0.148 e. The van der Waals surface area contributed by atoms with Crippen molar-refractivity contribution in [1.82, 2.24) is 0 Å². The van der Waals surface area contributed by atoms with Gasteiger partial charge in [-0.15, -0.1) is 0 Å². The van der Waals surface area contributed by atoms with Crippen molar-refractivity contribution in [2.24, 2.45) is 21.6 Å². The van der Waals surface area contributed by atoms with Gasteiger partial charge in [-0.1, -0.05) is 50.2 Å². The Morgan fingerprint density at radius 1 is 1.36 bits per heavy atom. The minimum absolute atomic E-state index is 0.0944. The van der Waals surface area contributed by atoms with Crippen molar-refractivity contribution in [2.45, 2.75) is 53.4 Å². The van der Waals surface area contributed by atoms with E-state index in [1.165, 1.54) is 0 Å². The maximum atomic E-state index is 12.6. The van der Waals surface area contributed by atoms with Crippen LogP contribution in [0.4, 0.5) is 0 Å². The molecule has 0 saturated heterocycles. The van der Waals surface area contributed by atoms with Crippen LogP contribution in [0.15, 0.2) is 23.0 Å². The SMILES string of the molecule is C=CCO/N=C(/CCC)[C@H]1C(=O)CC(C)(C)C/C1=N/OCC. The highest BCUT2D eigenvalue weighted by Gasteiger charge is 2.41. The average Bonchev–Trinajstić information content (AvgIpc) is 2.43.